The quantitative estimate of drug-likeness (QED) is 0.600. The third-order valence-electron chi connectivity index (χ3n) is 4.83. The highest BCUT2D eigenvalue weighted by atomic mass is 16.5. The van der Waals surface area contributed by atoms with Gasteiger partial charge in [0, 0.05) is 17.5 Å². The number of β-lactam (4-membered cyclic amide) rings is 1. The van der Waals surface area contributed by atoms with E-state index >= 15 is 0 Å². The van der Waals surface area contributed by atoms with Gasteiger partial charge in [-0.15, -0.1) is 0 Å². The number of aliphatic carboxylic acids is 1. The Bertz CT molecular complexity index is 597. The molecule has 3 fully saturated rings. The van der Waals surface area contributed by atoms with Crippen molar-refractivity contribution in [3.05, 3.63) is 11.3 Å². The van der Waals surface area contributed by atoms with E-state index < -0.39 is 12.1 Å². The summed E-state index contributed by atoms with van der Waals surface area (Å²) in [7, 11) is 0. The number of ether oxygens (including phenoxy) is 1. The third kappa shape index (κ3) is 1.90. The minimum atomic E-state index is -1.14. The molecule has 118 valence electrons. The van der Waals surface area contributed by atoms with E-state index in [1.807, 2.05) is 0 Å². The summed E-state index contributed by atoms with van der Waals surface area (Å²) < 4.78 is 5.18. The van der Waals surface area contributed by atoms with Gasteiger partial charge >= 0.3 is 12.1 Å². The number of piperidine rings is 1. The molecular formula is C14H17N3O5. The first-order chi connectivity index (χ1) is 10.6. The molecule has 4 aliphatic rings. The maximum absolute atomic E-state index is 12.1. The molecule has 0 spiro atoms. The van der Waals surface area contributed by atoms with Gasteiger partial charge in [0.2, 0.25) is 5.91 Å². The molecule has 0 aromatic heterocycles. The molecule has 8 heteroatoms. The number of hydrogen-bond donors (Lipinski definition) is 3. The fourth-order valence-corrected chi connectivity index (χ4v) is 3.66. The first-order valence-corrected chi connectivity index (χ1v) is 7.54. The van der Waals surface area contributed by atoms with Crippen LogP contribution in [-0.4, -0.2) is 59.3 Å². The number of alkyl carbamates (subject to hydrolysis) is 1. The first-order valence-electron chi connectivity index (χ1n) is 7.54. The SMILES string of the molecule is O=C(NC1CC1)OCC1=C(C(=O)O)N2C(=O)[C@H]3NCCC1[C@H]32. The van der Waals surface area contributed by atoms with Gasteiger partial charge in [0.05, 0.1) is 6.04 Å². The van der Waals surface area contributed by atoms with Crippen molar-refractivity contribution in [1.29, 1.82) is 0 Å². The highest BCUT2D eigenvalue weighted by Gasteiger charge is 2.61. The maximum atomic E-state index is 12.1. The number of rotatable bonds is 4. The molecule has 1 aliphatic carbocycles. The fraction of sp³-hybridized carbons (Fsp3) is 0.643. The Kier molecular flexibility index (Phi) is 2.90. The summed E-state index contributed by atoms with van der Waals surface area (Å²) >= 11 is 0. The van der Waals surface area contributed by atoms with Crippen LogP contribution in [-0.2, 0) is 14.3 Å². The maximum Gasteiger partial charge on any atom is 0.407 e. The topological polar surface area (TPSA) is 108 Å². The summed E-state index contributed by atoms with van der Waals surface area (Å²) in [6.45, 7) is 0.591. The number of nitrogens with zero attached hydrogens (tertiary/aromatic N) is 1. The molecule has 3 N–H and O–H groups in total. The number of amides is 2. The molecule has 3 heterocycles. The third-order valence-corrected chi connectivity index (χ3v) is 4.83. The molecule has 0 aromatic rings. The zero-order chi connectivity index (χ0) is 15.4. The number of carbonyl (C=O) groups excluding carboxylic acids is 2. The van der Waals surface area contributed by atoms with Crippen molar-refractivity contribution in [2.45, 2.75) is 37.4 Å². The van der Waals surface area contributed by atoms with E-state index in [0.717, 1.165) is 19.3 Å². The van der Waals surface area contributed by atoms with Crippen molar-refractivity contribution in [2.24, 2.45) is 5.92 Å². The highest BCUT2D eigenvalue weighted by Crippen LogP contribution is 2.46. The number of carboxylic acid groups (broad SMARTS) is 1. The Morgan fingerprint density at radius 3 is 2.82 bits per heavy atom. The van der Waals surface area contributed by atoms with E-state index in [-0.39, 0.29) is 42.3 Å². The van der Waals surface area contributed by atoms with E-state index in [9.17, 15) is 19.5 Å². The molecule has 0 aromatic carbocycles. The predicted molar refractivity (Wildman–Crippen MR) is 72.7 cm³/mol. The lowest BCUT2D eigenvalue weighted by atomic mass is 9.79. The predicted octanol–water partition coefficient (Wildman–Crippen LogP) is -0.584. The molecule has 1 unspecified atom stereocenters. The average Bonchev–Trinajstić information content (AvgIpc) is 3.23. The number of carbonyl (C=O) groups is 3. The second-order valence-electron chi connectivity index (χ2n) is 6.20. The Morgan fingerprint density at radius 2 is 2.14 bits per heavy atom. The molecule has 3 aliphatic heterocycles. The Labute approximate surface area is 126 Å². The normalized spacial score (nSPS) is 32.5. The molecule has 4 rings (SSSR count). The van der Waals surface area contributed by atoms with Crippen molar-refractivity contribution in [1.82, 2.24) is 15.5 Å². The molecule has 0 bridgehead atoms. The summed E-state index contributed by atoms with van der Waals surface area (Å²) in [6.07, 6.45) is 2.13. The van der Waals surface area contributed by atoms with Gasteiger partial charge in [0.25, 0.3) is 0 Å². The number of carboxylic acids is 1. The molecule has 8 nitrogen and oxygen atoms in total. The van der Waals surface area contributed by atoms with Crippen LogP contribution in [0.4, 0.5) is 4.79 Å². The van der Waals surface area contributed by atoms with Crippen LogP contribution in [0.5, 0.6) is 0 Å². The van der Waals surface area contributed by atoms with Gasteiger partial charge < -0.3 is 20.5 Å². The van der Waals surface area contributed by atoms with Gasteiger partial charge in [-0.3, -0.25) is 9.69 Å². The van der Waals surface area contributed by atoms with Crippen LogP contribution in [0.3, 0.4) is 0 Å². The molecule has 0 radical (unpaired) electrons. The lowest BCUT2D eigenvalue weighted by Crippen LogP contribution is -2.72. The summed E-state index contributed by atoms with van der Waals surface area (Å²) in [5.74, 6) is -1.38. The van der Waals surface area contributed by atoms with Crippen molar-refractivity contribution in [3.63, 3.8) is 0 Å². The molecular weight excluding hydrogens is 290 g/mol. The zero-order valence-corrected chi connectivity index (χ0v) is 11.9. The van der Waals surface area contributed by atoms with E-state index in [2.05, 4.69) is 10.6 Å². The van der Waals surface area contributed by atoms with E-state index in [1.165, 1.54) is 4.90 Å². The van der Waals surface area contributed by atoms with E-state index in [4.69, 9.17) is 4.74 Å². The van der Waals surface area contributed by atoms with Crippen molar-refractivity contribution in [2.75, 3.05) is 13.2 Å². The second kappa shape index (κ2) is 4.70. The van der Waals surface area contributed by atoms with Gasteiger partial charge in [0.1, 0.15) is 18.3 Å². The van der Waals surface area contributed by atoms with Gasteiger partial charge in [-0.1, -0.05) is 0 Å². The van der Waals surface area contributed by atoms with Crippen LogP contribution in [0.1, 0.15) is 19.3 Å². The molecule has 22 heavy (non-hydrogen) atoms. The average molecular weight is 307 g/mol. The smallest absolute Gasteiger partial charge is 0.407 e. The highest BCUT2D eigenvalue weighted by molar-refractivity contribution is 6.01. The molecule has 3 atom stereocenters. The van der Waals surface area contributed by atoms with Gasteiger partial charge in [-0.2, -0.15) is 0 Å². The Hall–Kier alpha value is -2.09. The van der Waals surface area contributed by atoms with Gasteiger partial charge in [-0.05, 0) is 25.8 Å². The van der Waals surface area contributed by atoms with Crippen LogP contribution in [0.25, 0.3) is 0 Å². The van der Waals surface area contributed by atoms with E-state index in [0.29, 0.717) is 12.1 Å². The Morgan fingerprint density at radius 1 is 1.36 bits per heavy atom. The lowest BCUT2D eigenvalue weighted by molar-refractivity contribution is -0.154. The number of hydrogen-bond acceptors (Lipinski definition) is 5. The summed E-state index contributed by atoms with van der Waals surface area (Å²) in [5.41, 5.74) is 0.556. The van der Waals surface area contributed by atoms with Gasteiger partial charge in [-0.25, -0.2) is 9.59 Å². The molecule has 2 amide bonds. The second-order valence-corrected chi connectivity index (χ2v) is 6.20. The fourth-order valence-electron chi connectivity index (χ4n) is 3.66. The molecule has 2 saturated heterocycles. The summed E-state index contributed by atoms with van der Waals surface area (Å²) in [4.78, 5) is 36.6. The van der Waals surface area contributed by atoms with Crippen molar-refractivity contribution >= 4 is 18.0 Å². The standard InChI is InChI=1S/C14H17N3O5/c18-12-9-10-7(3-4-15-9)8(11(13(19)20)17(10)12)5-22-14(21)16-6-1-2-6/h6-7,9-10,15H,1-5H2,(H,16,21)(H,19,20)/t7?,9-,10+/m0/s1. The largest absolute Gasteiger partial charge is 0.477 e. The zero-order valence-electron chi connectivity index (χ0n) is 11.9. The lowest BCUT2D eigenvalue weighted by Gasteiger charge is -2.48. The van der Waals surface area contributed by atoms with Crippen LogP contribution in [0, 0.1) is 5.92 Å². The minimum Gasteiger partial charge on any atom is -0.477 e. The van der Waals surface area contributed by atoms with Crippen molar-refractivity contribution in [3.8, 4) is 0 Å². The minimum absolute atomic E-state index is 0.000767. The summed E-state index contributed by atoms with van der Waals surface area (Å²) in [6, 6.07) is -0.253. The van der Waals surface area contributed by atoms with Crippen LogP contribution >= 0.6 is 0 Å². The van der Waals surface area contributed by atoms with Crippen LogP contribution < -0.4 is 10.6 Å². The van der Waals surface area contributed by atoms with Crippen molar-refractivity contribution < 1.29 is 24.2 Å². The van der Waals surface area contributed by atoms with Crippen LogP contribution in [0.2, 0.25) is 0 Å². The molecule has 1 saturated carbocycles. The Balaban J connectivity index is 1.54. The first kappa shape index (κ1) is 13.6. The number of nitrogens with one attached hydrogen (secondary N) is 2. The summed E-state index contributed by atoms with van der Waals surface area (Å²) in [5, 5.41) is 15.3. The van der Waals surface area contributed by atoms with Crippen LogP contribution in [0.15, 0.2) is 11.3 Å². The monoisotopic (exact) mass is 307 g/mol. The van der Waals surface area contributed by atoms with E-state index in [1.54, 1.807) is 0 Å². The van der Waals surface area contributed by atoms with Gasteiger partial charge in [0.15, 0.2) is 0 Å².